The summed E-state index contributed by atoms with van der Waals surface area (Å²) in [6, 6.07) is 0. The van der Waals surface area contributed by atoms with Crippen LogP contribution in [0.1, 0.15) is 104 Å². The Morgan fingerprint density at radius 2 is 0.854 bits per heavy atom. The van der Waals surface area contributed by atoms with Gasteiger partial charge in [-0.3, -0.25) is 0 Å². The third kappa shape index (κ3) is 316. The summed E-state index contributed by atoms with van der Waals surface area (Å²) in [5, 5.41) is 8.59. The summed E-state index contributed by atoms with van der Waals surface area (Å²) >= 11 is 4.54. The van der Waals surface area contributed by atoms with Gasteiger partial charge in [0, 0.05) is 0 Å². The molecule has 0 spiro atoms. The van der Waals surface area contributed by atoms with Crippen molar-refractivity contribution < 1.29 is 160 Å². The molecule has 2 nitrogen and oxygen atoms in total. The van der Waals surface area contributed by atoms with Crippen molar-refractivity contribution in [3.63, 3.8) is 0 Å². The zero-order valence-corrected chi connectivity index (χ0v) is 37.2. The Kier molecular flexibility index (Phi) is 119. The molecule has 0 saturated heterocycles. The van der Waals surface area contributed by atoms with E-state index >= 15 is 0 Å². The minimum absolute atomic E-state index is 0. The molecule has 0 atom stereocenters. The molecule has 0 aromatic rings. The van der Waals surface area contributed by atoms with Gasteiger partial charge in [0.25, 0.3) is 0 Å². The van der Waals surface area contributed by atoms with Crippen molar-refractivity contribution in [1.29, 1.82) is 0 Å². The summed E-state index contributed by atoms with van der Waals surface area (Å²) in [5.74, 6) is 4.38. The molecular weight excluding hydrogens is 714 g/mol. The Hall–Kier alpha value is 0.374. The van der Waals surface area contributed by atoms with Crippen molar-refractivity contribution >= 4 is 17.1 Å². The van der Waals surface area contributed by atoms with E-state index in [4.69, 9.17) is 11.5 Å². The van der Waals surface area contributed by atoms with Crippen molar-refractivity contribution in [3.05, 3.63) is 42.6 Å². The molecule has 0 fully saturated rings. The minimum atomic E-state index is -2.91. The molecule has 272 valence electrons. The molecule has 0 aromatic heterocycles. The molecule has 0 aliphatic rings. The zero-order chi connectivity index (χ0) is 38.3. The number of thiocarbonyl (C=S) groups is 1. The SMILES string of the molecule is C#CC.C#CC(C)(C)O.C/C(F)=C(/C)F.CC#CC.CC(C)(F)F.CC(C)=S.CC(F)=C(F)F.FC(F)=C(F)F.[CH2-]CCC.[H-].[K+].[Li+].[Na+].[OH-]. The van der Waals surface area contributed by atoms with Crippen molar-refractivity contribution in [2.45, 2.75) is 114 Å². The van der Waals surface area contributed by atoms with E-state index < -0.39 is 47.2 Å². The van der Waals surface area contributed by atoms with Crippen molar-refractivity contribution in [1.82, 2.24) is 0 Å². The number of allylic oxidation sites excluding steroid dienone is 3. The second-order valence-electron chi connectivity index (χ2n) is 7.96. The monoisotopic (exact) mass is 764 g/mol. The Morgan fingerprint density at radius 3 is 0.854 bits per heavy atom. The van der Waals surface area contributed by atoms with Crippen LogP contribution in [-0.2, 0) is 0 Å². The number of unbranched alkanes of at least 4 members (excludes halogenated alkanes) is 1. The van der Waals surface area contributed by atoms with E-state index in [1.807, 2.05) is 27.7 Å². The second kappa shape index (κ2) is 65.7. The second-order valence-corrected chi connectivity index (χ2v) is 8.78. The van der Waals surface area contributed by atoms with Gasteiger partial charge in [-0.1, -0.05) is 31.5 Å². The van der Waals surface area contributed by atoms with E-state index in [0.717, 1.165) is 39.0 Å². The van der Waals surface area contributed by atoms with Crippen LogP contribution in [-0.4, -0.2) is 27.0 Å². The molecule has 0 aromatic carbocycles. The molecule has 48 heavy (non-hydrogen) atoms. The van der Waals surface area contributed by atoms with Crippen molar-refractivity contribution in [2.75, 3.05) is 0 Å². The molecule has 0 radical (unpaired) electrons. The first-order valence-corrected chi connectivity index (χ1v) is 12.4. The molecule has 0 aliphatic heterocycles. The van der Waals surface area contributed by atoms with E-state index in [0.29, 0.717) is 6.92 Å². The van der Waals surface area contributed by atoms with E-state index in [9.17, 15) is 48.3 Å². The first-order chi connectivity index (χ1) is 19.5. The largest absolute Gasteiger partial charge is 1.00 e. The average molecular weight is 765 g/mol. The predicted octanol–water partition coefficient (Wildman–Crippen LogP) is 3.94. The molecule has 0 unspecified atom stereocenters. The molecule has 0 saturated carbocycles. The molecule has 0 amide bonds. The van der Waals surface area contributed by atoms with Gasteiger partial charge in [-0.05, 0) is 87.9 Å². The number of terminal acetylenes is 2. The van der Waals surface area contributed by atoms with Gasteiger partial charge >= 0.3 is 118 Å². The topological polar surface area (TPSA) is 50.2 Å². The van der Waals surface area contributed by atoms with E-state index in [2.05, 4.69) is 56.2 Å². The van der Waals surface area contributed by atoms with E-state index in [-0.39, 0.29) is 107 Å². The molecule has 0 aliphatic carbocycles. The number of hydrogen-bond acceptors (Lipinski definition) is 3. The smallest absolute Gasteiger partial charge is 1.00 e. The van der Waals surface area contributed by atoms with Crippen LogP contribution in [0.5, 0.6) is 0 Å². The van der Waals surface area contributed by atoms with Crippen LogP contribution in [0.25, 0.3) is 0 Å². The van der Waals surface area contributed by atoms with Gasteiger partial charge in [-0.25, -0.2) is 22.0 Å². The first kappa shape index (κ1) is 86.8. The fourth-order valence-electron chi connectivity index (χ4n) is 0. The van der Waals surface area contributed by atoms with Crippen LogP contribution >= 0.6 is 12.2 Å². The van der Waals surface area contributed by atoms with Gasteiger partial charge in [0.1, 0.15) is 17.3 Å². The van der Waals surface area contributed by atoms with E-state index in [1.54, 1.807) is 20.8 Å². The molecule has 0 heterocycles. The van der Waals surface area contributed by atoms with Crippen LogP contribution in [0.2, 0.25) is 0 Å². The van der Waals surface area contributed by atoms with Crippen molar-refractivity contribution in [2.24, 2.45) is 0 Å². The molecule has 0 bridgehead atoms. The first-order valence-electron chi connectivity index (χ1n) is 12.0. The van der Waals surface area contributed by atoms with Crippen LogP contribution in [0, 0.1) is 43.5 Å². The van der Waals surface area contributed by atoms with Gasteiger partial charge in [0.15, 0.2) is 5.83 Å². The van der Waals surface area contributed by atoms with Crippen molar-refractivity contribution in [3.8, 4) is 36.5 Å². The molecule has 17 heteroatoms. The third-order valence-corrected chi connectivity index (χ3v) is 1.83. The van der Waals surface area contributed by atoms with Gasteiger partial charge in [0.2, 0.25) is 5.92 Å². The van der Waals surface area contributed by atoms with Gasteiger partial charge in [-0.2, -0.15) is 32.8 Å². The molecule has 0 rings (SSSR count). The van der Waals surface area contributed by atoms with Crippen LogP contribution < -0.4 is 99.8 Å². The minimum Gasteiger partial charge on any atom is -1.00 e. The van der Waals surface area contributed by atoms with Crippen LogP contribution in [0.3, 0.4) is 0 Å². The maximum Gasteiger partial charge on any atom is 1.00 e. The van der Waals surface area contributed by atoms with Gasteiger partial charge < -0.3 is 18.9 Å². The summed E-state index contributed by atoms with van der Waals surface area (Å²) in [4.78, 5) is 1.00. The van der Waals surface area contributed by atoms with Crippen LogP contribution in [0.15, 0.2) is 35.7 Å². The maximum absolute atomic E-state index is 11.3. The quantitative estimate of drug-likeness (QED) is 0.145. The molecule has 2 N–H and O–H groups in total. The predicted molar refractivity (Wildman–Crippen MR) is 170 cm³/mol. The maximum atomic E-state index is 11.3. The summed E-state index contributed by atoms with van der Waals surface area (Å²) in [5.41, 5.74) is -0.931. The number of hydrogen-bond donors (Lipinski definition) is 1. The average Bonchev–Trinajstić information content (AvgIpc) is 2.84. The number of alkyl halides is 2. The Morgan fingerprint density at radius 1 is 0.729 bits per heavy atom. The molecular formula is C31H50F11KLiNaO2S. The van der Waals surface area contributed by atoms with Gasteiger partial charge in [-0.15, -0.1) is 30.6 Å². The van der Waals surface area contributed by atoms with Gasteiger partial charge in [0.05, 0.1) is 0 Å². The summed E-state index contributed by atoms with van der Waals surface area (Å²) in [6.07, 6.45) is 3.63. The summed E-state index contributed by atoms with van der Waals surface area (Å²) in [7, 11) is 0. The Labute approximate surface area is 366 Å². The number of aliphatic hydroxyl groups is 1. The summed E-state index contributed by atoms with van der Waals surface area (Å²) < 4.78 is 118. The Bertz CT molecular complexity index is 796. The third-order valence-electron chi connectivity index (χ3n) is 1.83. The van der Waals surface area contributed by atoms with Crippen LogP contribution in [0.4, 0.5) is 48.3 Å². The normalized spacial score (nSPS) is 7.92. The number of rotatable bonds is 1. The standard InChI is InChI=1S/C5H8O.C4H6F2.C4H9.C4H6.C3H3F3.C3H6F2.C3H6S.C3H4.C2F4.K.Li.Na.H2O.H/c1-4-5(2,3)6;1-3(5)4(2)6;2*1-3-4-2;1-2(4)3(5)6;1-3(2,4)5;1-3(2)4;1-3-2;3-1(4)2(5)6;;;;;/h1,6H,2-3H3;1-2H3;1,3-4H2,2H3;1-2H3;1H3;1-2H3;1-2H3;1H,2H3;;;;;1H2;/q;;-1;;;;;;;3*+1;;-1/p-1/b;4-3+;;;;;;;;;;;;. The fourth-order valence-corrected chi connectivity index (χ4v) is 0. The summed E-state index contributed by atoms with van der Waals surface area (Å²) in [6.45, 7) is 22.5. The fraction of sp³-hybridized carbons (Fsp3) is 0.548. The Balaban J connectivity index is -0.0000000233. The zero-order valence-electron chi connectivity index (χ0n) is 32.2. The van der Waals surface area contributed by atoms with E-state index in [1.165, 1.54) is 6.42 Å². The number of halogens is 11.